The van der Waals surface area contributed by atoms with Crippen LogP contribution in [0.5, 0.6) is 0 Å². The van der Waals surface area contributed by atoms with Gasteiger partial charge in [0.25, 0.3) is 0 Å². The largest absolute Gasteiger partial charge is 0.325 e. The number of aliphatic imine (C=N–C) groups is 2. The number of hydrogen-bond acceptors (Lipinski definition) is 6. The zero-order valence-corrected chi connectivity index (χ0v) is 20.2. The number of nitrogens with zero attached hydrogens (tertiary/aromatic N) is 5. The third kappa shape index (κ3) is 4.47. The number of anilines is 1. The van der Waals surface area contributed by atoms with Crippen LogP contribution in [0, 0.1) is 6.92 Å². The molecule has 7 nitrogen and oxygen atoms in total. The van der Waals surface area contributed by atoms with E-state index in [2.05, 4.69) is 43.2 Å². The number of nitrogens with one attached hydrogen (secondary N) is 2. The highest BCUT2D eigenvalue weighted by Crippen LogP contribution is 2.34. The minimum atomic E-state index is -1.24. The summed E-state index contributed by atoms with van der Waals surface area (Å²) >= 11 is 0. The molecular weight excluding hydrogens is 441 g/mol. The van der Waals surface area contributed by atoms with Crippen LogP contribution in [0.15, 0.2) is 46.5 Å². The van der Waals surface area contributed by atoms with E-state index in [1.807, 2.05) is 30.5 Å². The molecule has 2 N–H and O–H groups in total. The van der Waals surface area contributed by atoms with Gasteiger partial charge in [-0.25, -0.2) is 24.3 Å². The van der Waals surface area contributed by atoms with E-state index >= 15 is 4.39 Å². The predicted octanol–water partition coefficient (Wildman–Crippen LogP) is 4.93. The Morgan fingerprint density at radius 3 is 2.66 bits per heavy atom. The van der Waals surface area contributed by atoms with Crippen molar-refractivity contribution in [3.8, 4) is 0 Å². The normalized spacial score (nSPS) is 21.8. The van der Waals surface area contributed by atoms with Crippen LogP contribution in [0.2, 0.25) is 0 Å². The van der Waals surface area contributed by atoms with Crippen molar-refractivity contribution in [3.05, 3.63) is 53.5 Å². The first-order chi connectivity index (χ1) is 17.2. The molecule has 2 aromatic heterocycles. The first kappa shape index (κ1) is 22.3. The highest BCUT2D eigenvalue weighted by Gasteiger charge is 2.25. The quantitative estimate of drug-likeness (QED) is 0.563. The van der Waals surface area contributed by atoms with Crippen molar-refractivity contribution in [1.29, 1.82) is 0 Å². The van der Waals surface area contributed by atoms with Crippen molar-refractivity contribution in [2.45, 2.75) is 63.6 Å². The first-order valence-electron chi connectivity index (χ1n) is 12.9. The number of aromatic nitrogens is 3. The van der Waals surface area contributed by atoms with Crippen molar-refractivity contribution >= 4 is 28.5 Å². The topological polar surface area (TPSA) is 79.5 Å². The van der Waals surface area contributed by atoms with Crippen LogP contribution in [-0.4, -0.2) is 52.0 Å². The molecule has 1 saturated heterocycles. The highest BCUT2D eigenvalue weighted by molar-refractivity contribution is 6.14. The Balaban J connectivity index is 1.24. The molecule has 2 aliphatic heterocycles. The van der Waals surface area contributed by atoms with Crippen molar-refractivity contribution in [2.24, 2.45) is 9.98 Å². The van der Waals surface area contributed by atoms with Gasteiger partial charge in [0, 0.05) is 17.8 Å². The molecule has 0 amide bonds. The molecule has 0 bridgehead atoms. The van der Waals surface area contributed by atoms with Gasteiger partial charge in [-0.1, -0.05) is 25.0 Å². The lowest BCUT2D eigenvalue weighted by Crippen LogP contribution is -2.29. The average Bonchev–Trinajstić information content (AvgIpc) is 3.52. The zero-order chi connectivity index (χ0) is 23.8. The maximum Gasteiger partial charge on any atom is 0.224 e. The lowest BCUT2D eigenvalue weighted by molar-refractivity contribution is 0.430. The molecule has 0 radical (unpaired) electrons. The monoisotopic (exact) mass is 473 g/mol. The van der Waals surface area contributed by atoms with Crippen LogP contribution >= 0.6 is 0 Å². The van der Waals surface area contributed by atoms with Gasteiger partial charge in [-0.2, -0.15) is 0 Å². The van der Waals surface area contributed by atoms with Crippen LogP contribution in [0.3, 0.4) is 0 Å². The summed E-state index contributed by atoms with van der Waals surface area (Å²) in [6.45, 7) is 4.21. The van der Waals surface area contributed by atoms with Crippen LogP contribution < -0.4 is 10.6 Å². The zero-order valence-electron chi connectivity index (χ0n) is 20.2. The lowest BCUT2D eigenvalue weighted by Gasteiger charge is -2.22. The van der Waals surface area contributed by atoms with Gasteiger partial charge < -0.3 is 15.2 Å². The highest BCUT2D eigenvalue weighted by atomic mass is 19.1. The van der Waals surface area contributed by atoms with E-state index < -0.39 is 6.17 Å². The van der Waals surface area contributed by atoms with E-state index in [1.54, 1.807) is 0 Å². The molecule has 1 aliphatic carbocycles. The minimum Gasteiger partial charge on any atom is -0.325 e. The summed E-state index contributed by atoms with van der Waals surface area (Å²) in [6, 6.07) is 10.5. The molecule has 6 rings (SSSR count). The first-order valence-corrected chi connectivity index (χ1v) is 12.9. The van der Waals surface area contributed by atoms with E-state index in [4.69, 9.17) is 4.98 Å². The molecule has 182 valence electrons. The Hall–Kier alpha value is -3.13. The summed E-state index contributed by atoms with van der Waals surface area (Å²) in [7, 11) is 0. The van der Waals surface area contributed by atoms with Crippen LogP contribution in [0.4, 0.5) is 10.2 Å². The number of piperidine rings is 1. The smallest absolute Gasteiger partial charge is 0.224 e. The molecule has 8 heteroatoms. The van der Waals surface area contributed by atoms with Crippen molar-refractivity contribution in [1.82, 2.24) is 19.9 Å². The minimum absolute atomic E-state index is 0.0489. The molecule has 1 aromatic carbocycles. The molecular formula is C27H32FN7. The Bertz CT molecular complexity index is 1260. The number of benzene rings is 1. The number of aryl methyl sites for hydroxylation is 1. The molecule has 1 unspecified atom stereocenters. The Labute approximate surface area is 205 Å². The van der Waals surface area contributed by atoms with E-state index in [1.165, 1.54) is 31.2 Å². The molecule has 2 fully saturated rings. The van der Waals surface area contributed by atoms with E-state index in [9.17, 15) is 0 Å². The summed E-state index contributed by atoms with van der Waals surface area (Å²) in [5.41, 5.74) is 4.47. The Morgan fingerprint density at radius 2 is 1.89 bits per heavy atom. The summed E-state index contributed by atoms with van der Waals surface area (Å²) in [4.78, 5) is 18.2. The molecule has 3 aliphatic rings. The lowest BCUT2D eigenvalue weighted by atomic mass is 9.91. The summed E-state index contributed by atoms with van der Waals surface area (Å²) in [6.07, 6.45) is 7.82. The van der Waals surface area contributed by atoms with Crippen LogP contribution in [0.25, 0.3) is 11.0 Å². The average molecular weight is 474 g/mol. The number of pyridine rings is 1. The SMILES string of the molecule is Cc1nc2ccc(C3=NC(Nc4ccc(C5CCNCC5)cn4)=NCC3F)cc2n1C1CCCC1. The third-order valence-electron chi connectivity index (χ3n) is 7.61. The standard InChI is InChI=1S/C27H32FN7/c1-17-32-23-8-6-19(14-24(23)35(17)21-4-2-3-5-21)26-22(28)16-31-27(34-26)33-25-9-7-20(15-30-25)18-10-12-29-13-11-18/h6-9,14-15,18,21-22,29H,2-5,10-13,16H2,1H3,(H,30,31,33). The summed E-state index contributed by atoms with van der Waals surface area (Å²) in [5, 5.41) is 6.58. The third-order valence-corrected chi connectivity index (χ3v) is 7.61. The van der Waals surface area contributed by atoms with Crippen LogP contribution in [0.1, 0.15) is 67.4 Å². The maximum atomic E-state index is 15.0. The van der Waals surface area contributed by atoms with Crippen LogP contribution in [-0.2, 0) is 0 Å². The van der Waals surface area contributed by atoms with Gasteiger partial charge in [0.15, 0.2) is 6.17 Å². The van der Waals surface area contributed by atoms with Crippen molar-refractivity contribution in [2.75, 3.05) is 25.0 Å². The molecule has 1 atom stereocenters. The molecule has 35 heavy (non-hydrogen) atoms. The summed E-state index contributed by atoms with van der Waals surface area (Å²) in [5.74, 6) is 2.65. The maximum absolute atomic E-state index is 15.0. The summed E-state index contributed by atoms with van der Waals surface area (Å²) < 4.78 is 17.3. The fourth-order valence-corrected chi connectivity index (χ4v) is 5.77. The number of imidazole rings is 1. The van der Waals surface area contributed by atoms with Gasteiger partial charge in [-0.15, -0.1) is 0 Å². The van der Waals surface area contributed by atoms with Gasteiger partial charge in [0.05, 0.1) is 23.3 Å². The van der Waals surface area contributed by atoms with Gasteiger partial charge in [-0.05, 0) is 75.4 Å². The van der Waals surface area contributed by atoms with Gasteiger partial charge in [-0.3, -0.25) is 0 Å². The number of halogens is 1. The fourth-order valence-electron chi connectivity index (χ4n) is 5.77. The van der Waals surface area contributed by atoms with E-state index in [0.717, 1.165) is 48.4 Å². The second-order valence-corrected chi connectivity index (χ2v) is 9.93. The van der Waals surface area contributed by atoms with E-state index in [0.29, 0.717) is 29.4 Å². The number of alkyl halides is 1. The number of rotatable bonds is 4. The predicted molar refractivity (Wildman–Crippen MR) is 138 cm³/mol. The number of guanidine groups is 1. The van der Waals surface area contributed by atoms with E-state index in [-0.39, 0.29) is 6.54 Å². The molecule has 1 saturated carbocycles. The molecule has 3 aromatic rings. The fraction of sp³-hybridized carbons (Fsp3) is 0.481. The second kappa shape index (κ2) is 9.49. The van der Waals surface area contributed by atoms with Crippen molar-refractivity contribution < 1.29 is 4.39 Å². The van der Waals surface area contributed by atoms with Gasteiger partial charge in [0.1, 0.15) is 11.6 Å². The Kier molecular flexibility index (Phi) is 6.06. The van der Waals surface area contributed by atoms with Gasteiger partial charge >= 0.3 is 0 Å². The second-order valence-electron chi connectivity index (χ2n) is 9.93. The molecule has 4 heterocycles. The molecule has 0 spiro atoms. The van der Waals surface area contributed by atoms with Crippen molar-refractivity contribution in [3.63, 3.8) is 0 Å². The number of hydrogen-bond donors (Lipinski definition) is 2. The Morgan fingerprint density at radius 1 is 1.06 bits per heavy atom. The number of fused-ring (bicyclic) bond motifs is 1. The van der Waals surface area contributed by atoms with Gasteiger partial charge in [0.2, 0.25) is 5.96 Å².